The lowest BCUT2D eigenvalue weighted by molar-refractivity contribution is 0.0268. The average Bonchev–Trinajstić information content (AvgIpc) is 2.50. The van der Waals surface area contributed by atoms with Gasteiger partial charge in [0.1, 0.15) is 0 Å². The highest BCUT2D eigenvalue weighted by Crippen LogP contribution is 2.15. The van der Waals surface area contributed by atoms with Gasteiger partial charge >= 0.3 is 0 Å². The summed E-state index contributed by atoms with van der Waals surface area (Å²) in [5, 5.41) is 6.57. The minimum Gasteiger partial charge on any atom is -0.377 e. The van der Waals surface area contributed by atoms with E-state index in [0.29, 0.717) is 13.1 Å². The molecule has 0 saturated heterocycles. The molecule has 1 rings (SSSR count). The molecule has 0 spiro atoms. The third-order valence-electron chi connectivity index (χ3n) is 3.16. The van der Waals surface area contributed by atoms with E-state index in [0.717, 1.165) is 12.5 Å². The maximum Gasteiger partial charge on any atom is 0.191 e. The Morgan fingerprint density at radius 2 is 1.90 bits per heavy atom. The number of benzene rings is 1. The van der Waals surface area contributed by atoms with Crippen molar-refractivity contribution in [2.75, 3.05) is 26.5 Å². The molecule has 0 saturated carbocycles. The average molecular weight is 309 g/mol. The number of rotatable bonds is 7. The number of guanidine groups is 1. The summed E-state index contributed by atoms with van der Waals surface area (Å²) in [6.45, 7) is 8.37. The quantitative estimate of drug-likeness (QED) is 0.462. The first kappa shape index (κ1) is 17.9. The molecule has 1 aromatic rings. The highest BCUT2D eigenvalue weighted by molar-refractivity contribution is 7.98. The van der Waals surface area contributed by atoms with Gasteiger partial charge in [-0.2, -0.15) is 0 Å². The van der Waals surface area contributed by atoms with Crippen molar-refractivity contribution in [1.82, 2.24) is 10.6 Å². The van der Waals surface area contributed by atoms with Crippen molar-refractivity contribution in [3.63, 3.8) is 0 Å². The summed E-state index contributed by atoms with van der Waals surface area (Å²) in [5.74, 6) is 0.816. The van der Waals surface area contributed by atoms with Crippen LogP contribution in [0.4, 0.5) is 0 Å². The van der Waals surface area contributed by atoms with Crippen LogP contribution in [0, 0.1) is 0 Å². The molecule has 5 heteroatoms. The van der Waals surface area contributed by atoms with Crippen LogP contribution in [-0.4, -0.2) is 38.0 Å². The maximum absolute atomic E-state index is 5.41. The van der Waals surface area contributed by atoms with Crippen molar-refractivity contribution >= 4 is 17.7 Å². The molecule has 0 aliphatic rings. The lowest BCUT2D eigenvalue weighted by atomic mass is 10.1. The van der Waals surface area contributed by atoms with Crippen LogP contribution in [0.15, 0.2) is 34.2 Å². The summed E-state index contributed by atoms with van der Waals surface area (Å²) >= 11 is 1.75. The summed E-state index contributed by atoms with van der Waals surface area (Å²) < 4.78 is 5.41. The van der Waals surface area contributed by atoms with Gasteiger partial charge in [0.25, 0.3) is 0 Å². The number of hydrogen-bond acceptors (Lipinski definition) is 3. The maximum atomic E-state index is 5.41. The summed E-state index contributed by atoms with van der Waals surface area (Å²) in [6.07, 6.45) is 2.08. The minimum atomic E-state index is -0.212. The number of ether oxygens (including phenoxy) is 1. The van der Waals surface area contributed by atoms with Crippen LogP contribution in [0.2, 0.25) is 0 Å². The molecule has 4 nitrogen and oxygen atoms in total. The van der Waals surface area contributed by atoms with Crippen molar-refractivity contribution in [2.24, 2.45) is 4.99 Å². The van der Waals surface area contributed by atoms with Crippen molar-refractivity contribution in [3.05, 3.63) is 29.8 Å². The molecule has 0 fully saturated rings. The van der Waals surface area contributed by atoms with E-state index < -0.39 is 0 Å². The van der Waals surface area contributed by atoms with Gasteiger partial charge in [0.05, 0.1) is 12.1 Å². The predicted octanol–water partition coefficient (Wildman–Crippen LogP) is 2.89. The standard InChI is InChI=1S/C16H27N3OS/c1-6-17-15(19-12-16(2,3)20-4)18-11-13-7-9-14(21-5)10-8-13/h7-10H,6,11-12H2,1-5H3,(H2,17,18,19). The Labute approximate surface area is 132 Å². The van der Waals surface area contributed by atoms with Crippen molar-refractivity contribution in [3.8, 4) is 0 Å². The van der Waals surface area contributed by atoms with Gasteiger partial charge in [-0.05, 0) is 44.7 Å². The molecule has 1 aromatic carbocycles. The highest BCUT2D eigenvalue weighted by Gasteiger charge is 2.16. The van der Waals surface area contributed by atoms with Crippen LogP contribution in [-0.2, 0) is 11.3 Å². The largest absolute Gasteiger partial charge is 0.377 e. The van der Waals surface area contributed by atoms with Gasteiger partial charge in [-0.1, -0.05) is 12.1 Å². The topological polar surface area (TPSA) is 45.7 Å². The molecule has 0 amide bonds. The summed E-state index contributed by atoms with van der Waals surface area (Å²) in [5.41, 5.74) is 0.993. The molecule has 0 atom stereocenters. The SMILES string of the molecule is CCNC(=NCc1ccc(SC)cc1)NCC(C)(C)OC. The Kier molecular flexibility index (Phi) is 7.61. The number of hydrogen-bond donors (Lipinski definition) is 2. The van der Waals surface area contributed by atoms with Crippen LogP contribution in [0.1, 0.15) is 26.3 Å². The molecule has 0 aromatic heterocycles. The van der Waals surface area contributed by atoms with Crippen molar-refractivity contribution in [1.29, 1.82) is 0 Å². The first-order chi connectivity index (χ1) is 10.0. The molecule has 21 heavy (non-hydrogen) atoms. The predicted molar refractivity (Wildman–Crippen MR) is 92.1 cm³/mol. The normalized spacial score (nSPS) is 12.3. The zero-order valence-corrected chi connectivity index (χ0v) is 14.5. The lowest BCUT2D eigenvalue weighted by Gasteiger charge is -2.24. The van der Waals surface area contributed by atoms with Crippen LogP contribution in [0.3, 0.4) is 0 Å². The van der Waals surface area contributed by atoms with E-state index in [1.807, 2.05) is 13.8 Å². The lowest BCUT2D eigenvalue weighted by Crippen LogP contribution is -2.45. The number of nitrogens with one attached hydrogen (secondary N) is 2. The zero-order valence-electron chi connectivity index (χ0n) is 13.7. The number of thioether (sulfide) groups is 1. The molecule has 0 unspecified atom stereocenters. The van der Waals surface area contributed by atoms with Gasteiger partial charge in [0, 0.05) is 25.1 Å². The van der Waals surface area contributed by atoms with Gasteiger partial charge in [-0.25, -0.2) is 4.99 Å². The third-order valence-corrected chi connectivity index (χ3v) is 3.90. The zero-order chi connectivity index (χ0) is 15.7. The molecule has 0 radical (unpaired) electrons. The van der Waals surface area contributed by atoms with Gasteiger partial charge in [0.15, 0.2) is 5.96 Å². The molecular formula is C16H27N3OS. The number of methoxy groups -OCH3 is 1. The Bertz CT molecular complexity index is 443. The fourth-order valence-corrected chi connectivity index (χ4v) is 2.02. The molecule has 0 heterocycles. The van der Waals surface area contributed by atoms with E-state index >= 15 is 0 Å². The van der Waals surface area contributed by atoms with Crippen LogP contribution in [0.25, 0.3) is 0 Å². The summed E-state index contributed by atoms with van der Waals surface area (Å²) in [7, 11) is 1.72. The number of nitrogens with zero attached hydrogens (tertiary/aromatic N) is 1. The minimum absolute atomic E-state index is 0.212. The van der Waals surface area contributed by atoms with Crippen LogP contribution in [0.5, 0.6) is 0 Å². The molecular weight excluding hydrogens is 282 g/mol. The Hall–Kier alpha value is -1.20. The second-order valence-electron chi connectivity index (χ2n) is 5.36. The van der Waals surface area contributed by atoms with Gasteiger partial charge in [-0.15, -0.1) is 11.8 Å². The molecule has 0 bridgehead atoms. The highest BCUT2D eigenvalue weighted by atomic mass is 32.2. The van der Waals surface area contributed by atoms with Crippen molar-refractivity contribution in [2.45, 2.75) is 37.8 Å². The van der Waals surface area contributed by atoms with Crippen molar-refractivity contribution < 1.29 is 4.74 Å². The fourth-order valence-electron chi connectivity index (χ4n) is 1.61. The Morgan fingerprint density at radius 3 is 2.43 bits per heavy atom. The second kappa shape index (κ2) is 8.95. The Morgan fingerprint density at radius 1 is 1.24 bits per heavy atom. The first-order valence-corrected chi connectivity index (χ1v) is 8.43. The molecule has 2 N–H and O–H groups in total. The summed E-state index contributed by atoms with van der Waals surface area (Å²) in [4.78, 5) is 5.88. The monoisotopic (exact) mass is 309 g/mol. The van der Waals surface area contributed by atoms with E-state index in [1.54, 1.807) is 18.9 Å². The summed E-state index contributed by atoms with van der Waals surface area (Å²) in [6, 6.07) is 8.50. The van der Waals surface area contributed by atoms with E-state index in [-0.39, 0.29) is 5.60 Å². The fraction of sp³-hybridized carbons (Fsp3) is 0.562. The van der Waals surface area contributed by atoms with Gasteiger partial charge < -0.3 is 15.4 Å². The van der Waals surface area contributed by atoms with Crippen LogP contribution >= 0.6 is 11.8 Å². The third kappa shape index (κ3) is 6.87. The molecule has 0 aliphatic heterocycles. The van der Waals surface area contributed by atoms with E-state index in [1.165, 1.54) is 10.5 Å². The van der Waals surface area contributed by atoms with Crippen LogP contribution < -0.4 is 10.6 Å². The van der Waals surface area contributed by atoms with Gasteiger partial charge in [-0.3, -0.25) is 0 Å². The van der Waals surface area contributed by atoms with E-state index in [9.17, 15) is 0 Å². The second-order valence-corrected chi connectivity index (χ2v) is 6.24. The Balaban J connectivity index is 2.61. The smallest absolute Gasteiger partial charge is 0.191 e. The first-order valence-electron chi connectivity index (χ1n) is 7.21. The number of aliphatic imine (C=N–C) groups is 1. The van der Waals surface area contributed by atoms with Gasteiger partial charge in [0.2, 0.25) is 0 Å². The van der Waals surface area contributed by atoms with E-state index in [4.69, 9.17) is 4.74 Å². The van der Waals surface area contributed by atoms with E-state index in [2.05, 4.69) is 53.1 Å². The molecule has 118 valence electrons. The molecule has 0 aliphatic carbocycles.